The molecule has 3 heteroatoms. The normalized spacial score (nSPS) is 11.8. The summed E-state index contributed by atoms with van der Waals surface area (Å²) in [6.07, 6.45) is 5.10. The van der Waals surface area contributed by atoms with Crippen molar-refractivity contribution in [3.8, 4) is 0 Å². The summed E-state index contributed by atoms with van der Waals surface area (Å²) in [4.78, 5) is 4.73. The van der Waals surface area contributed by atoms with Gasteiger partial charge in [-0.3, -0.25) is 0 Å². The summed E-state index contributed by atoms with van der Waals surface area (Å²) in [6.45, 7) is 5.40. The predicted octanol–water partition coefficient (Wildman–Crippen LogP) is 5.39. The molecule has 118 valence electrons. The molecule has 0 N–H and O–H groups in total. The average molecular weight is 308 g/mol. The van der Waals surface area contributed by atoms with Crippen molar-refractivity contribution in [2.75, 3.05) is 0 Å². The Balaban J connectivity index is 1.95. The highest BCUT2D eigenvalue weighted by molar-refractivity contribution is 5.79. The maximum absolute atomic E-state index is 13.0. The Morgan fingerprint density at radius 3 is 2.52 bits per heavy atom. The number of rotatable bonds is 5. The van der Waals surface area contributed by atoms with E-state index < -0.39 is 0 Å². The van der Waals surface area contributed by atoms with E-state index in [2.05, 4.69) is 24.5 Å². The third kappa shape index (κ3) is 3.67. The first kappa shape index (κ1) is 15.5. The van der Waals surface area contributed by atoms with Crippen LogP contribution in [0.2, 0.25) is 0 Å². The Morgan fingerprint density at radius 2 is 1.78 bits per heavy atom. The van der Waals surface area contributed by atoms with Crippen molar-refractivity contribution in [2.45, 2.75) is 26.8 Å². The first-order valence-electron chi connectivity index (χ1n) is 8.02. The molecule has 0 atom stereocenters. The quantitative estimate of drug-likeness (QED) is 0.617. The molecule has 0 bridgehead atoms. The summed E-state index contributed by atoms with van der Waals surface area (Å²) in [5.41, 5.74) is 3.13. The topological polar surface area (TPSA) is 17.8 Å². The van der Waals surface area contributed by atoms with Crippen LogP contribution in [0.5, 0.6) is 0 Å². The molecule has 0 amide bonds. The van der Waals surface area contributed by atoms with Gasteiger partial charge in [0.05, 0.1) is 11.0 Å². The molecule has 1 aromatic heterocycles. The highest BCUT2D eigenvalue weighted by Gasteiger charge is 2.08. The van der Waals surface area contributed by atoms with Crippen LogP contribution >= 0.6 is 0 Å². The van der Waals surface area contributed by atoms with E-state index in [0.29, 0.717) is 5.92 Å². The number of benzene rings is 2. The number of imidazole rings is 1. The zero-order valence-electron chi connectivity index (χ0n) is 13.5. The first-order valence-corrected chi connectivity index (χ1v) is 8.02. The highest BCUT2D eigenvalue weighted by Crippen LogP contribution is 2.19. The summed E-state index contributed by atoms with van der Waals surface area (Å²) in [5.74, 6) is 1.37. The Kier molecular flexibility index (Phi) is 4.56. The molecule has 3 aromatic rings. The van der Waals surface area contributed by atoms with Crippen molar-refractivity contribution in [2.24, 2.45) is 5.92 Å². The molecular weight excluding hydrogens is 287 g/mol. The van der Waals surface area contributed by atoms with Crippen molar-refractivity contribution in [3.05, 3.63) is 65.7 Å². The smallest absolute Gasteiger partial charge is 0.133 e. The highest BCUT2D eigenvalue weighted by atomic mass is 19.1. The fourth-order valence-electron chi connectivity index (χ4n) is 2.59. The van der Waals surface area contributed by atoms with E-state index in [0.717, 1.165) is 35.4 Å². The van der Waals surface area contributed by atoms with E-state index >= 15 is 0 Å². The molecular formula is C20H21FN2. The number of fused-ring (bicyclic) bond motifs is 1. The molecule has 0 saturated heterocycles. The van der Waals surface area contributed by atoms with Crippen LogP contribution in [0.4, 0.5) is 4.39 Å². The molecule has 0 aliphatic carbocycles. The van der Waals surface area contributed by atoms with Crippen LogP contribution in [-0.2, 0) is 6.54 Å². The van der Waals surface area contributed by atoms with Crippen LogP contribution in [0, 0.1) is 11.7 Å². The fraction of sp³-hybridized carbons (Fsp3) is 0.250. The molecule has 0 aliphatic rings. The fourth-order valence-corrected chi connectivity index (χ4v) is 2.59. The van der Waals surface area contributed by atoms with Crippen LogP contribution in [0.15, 0.2) is 48.5 Å². The van der Waals surface area contributed by atoms with Gasteiger partial charge in [-0.05, 0) is 48.2 Å². The maximum Gasteiger partial charge on any atom is 0.133 e. The summed E-state index contributed by atoms with van der Waals surface area (Å²) in [5, 5.41) is 0. The largest absolute Gasteiger partial charge is 0.324 e. The average Bonchev–Trinajstić information content (AvgIpc) is 2.90. The number of aryl methyl sites for hydroxylation is 1. The minimum atomic E-state index is -0.216. The minimum Gasteiger partial charge on any atom is -0.324 e. The lowest BCUT2D eigenvalue weighted by atomic mass is 10.1. The molecule has 2 aromatic carbocycles. The number of aromatic nitrogens is 2. The molecule has 0 aliphatic heterocycles. The second-order valence-electron chi connectivity index (χ2n) is 6.18. The van der Waals surface area contributed by atoms with Gasteiger partial charge < -0.3 is 4.57 Å². The van der Waals surface area contributed by atoms with E-state index in [1.807, 2.05) is 30.4 Å². The van der Waals surface area contributed by atoms with Gasteiger partial charge in [-0.2, -0.15) is 0 Å². The summed E-state index contributed by atoms with van der Waals surface area (Å²) in [6, 6.07) is 14.7. The van der Waals surface area contributed by atoms with E-state index in [1.165, 1.54) is 12.1 Å². The second-order valence-corrected chi connectivity index (χ2v) is 6.18. The van der Waals surface area contributed by atoms with Crippen molar-refractivity contribution in [3.63, 3.8) is 0 Å². The van der Waals surface area contributed by atoms with Gasteiger partial charge in [0, 0.05) is 6.54 Å². The predicted molar refractivity (Wildman–Crippen MR) is 94.5 cm³/mol. The summed E-state index contributed by atoms with van der Waals surface area (Å²) >= 11 is 0. The molecule has 23 heavy (non-hydrogen) atoms. The van der Waals surface area contributed by atoms with Crippen LogP contribution < -0.4 is 0 Å². The van der Waals surface area contributed by atoms with Gasteiger partial charge >= 0.3 is 0 Å². The Bertz CT molecular complexity index is 813. The van der Waals surface area contributed by atoms with Crippen molar-refractivity contribution < 1.29 is 4.39 Å². The zero-order valence-corrected chi connectivity index (χ0v) is 13.5. The van der Waals surface area contributed by atoms with Crippen LogP contribution in [0.1, 0.15) is 31.7 Å². The van der Waals surface area contributed by atoms with Gasteiger partial charge in [-0.1, -0.05) is 44.2 Å². The molecule has 1 heterocycles. The van der Waals surface area contributed by atoms with Gasteiger partial charge in [0.2, 0.25) is 0 Å². The molecule has 3 rings (SSSR count). The van der Waals surface area contributed by atoms with Gasteiger partial charge in [-0.25, -0.2) is 9.37 Å². The van der Waals surface area contributed by atoms with Crippen molar-refractivity contribution in [1.82, 2.24) is 9.55 Å². The molecule has 2 nitrogen and oxygen atoms in total. The summed E-state index contributed by atoms with van der Waals surface area (Å²) in [7, 11) is 0. The van der Waals surface area contributed by atoms with Crippen molar-refractivity contribution >= 4 is 23.2 Å². The minimum absolute atomic E-state index is 0.216. The Hall–Kier alpha value is -2.42. The lowest BCUT2D eigenvalue weighted by Crippen LogP contribution is -2.03. The lowest BCUT2D eigenvalue weighted by molar-refractivity contribution is 0.521. The first-order chi connectivity index (χ1) is 11.1. The van der Waals surface area contributed by atoms with Crippen LogP contribution in [0.25, 0.3) is 23.2 Å². The molecule has 0 spiro atoms. The third-order valence-corrected chi connectivity index (χ3v) is 3.91. The Labute approximate surface area is 136 Å². The monoisotopic (exact) mass is 308 g/mol. The van der Waals surface area contributed by atoms with Gasteiger partial charge in [0.1, 0.15) is 11.6 Å². The molecule has 0 fully saturated rings. The van der Waals surface area contributed by atoms with E-state index in [9.17, 15) is 4.39 Å². The van der Waals surface area contributed by atoms with Gasteiger partial charge in [0.25, 0.3) is 0 Å². The standard InChI is InChI=1S/C20H21FN2/c1-15(2)13-14-23-19-6-4-3-5-18(19)22-20(23)12-9-16-7-10-17(21)11-8-16/h3-12,15H,13-14H2,1-2H3/b12-9+. The van der Waals surface area contributed by atoms with Gasteiger partial charge in [-0.15, -0.1) is 0 Å². The van der Waals surface area contributed by atoms with E-state index in [1.54, 1.807) is 12.1 Å². The van der Waals surface area contributed by atoms with Crippen LogP contribution in [-0.4, -0.2) is 9.55 Å². The maximum atomic E-state index is 13.0. The van der Waals surface area contributed by atoms with E-state index in [4.69, 9.17) is 4.98 Å². The number of para-hydroxylation sites is 2. The second kappa shape index (κ2) is 6.78. The molecule has 0 unspecified atom stereocenters. The number of halogens is 1. The lowest BCUT2D eigenvalue weighted by Gasteiger charge is -2.09. The number of hydrogen-bond acceptors (Lipinski definition) is 1. The Morgan fingerprint density at radius 1 is 1.04 bits per heavy atom. The third-order valence-electron chi connectivity index (χ3n) is 3.91. The van der Waals surface area contributed by atoms with E-state index in [-0.39, 0.29) is 5.82 Å². The number of nitrogens with zero attached hydrogens (tertiary/aromatic N) is 2. The van der Waals surface area contributed by atoms with Crippen molar-refractivity contribution in [1.29, 1.82) is 0 Å². The van der Waals surface area contributed by atoms with Gasteiger partial charge in [0.15, 0.2) is 0 Å². The molecule has 0 radical (unpaired) electrons. The SMILES string of the molecule is CC(C)CCn1c(/C=C/c2ccc(F)cc2)nc2ccccc21. The van der Waals surface area contributed by atoms with Crippen LogP contribution in [0.3, 0.4) is 0 Å². The summed E-state index contributed by atoms with van der Waals surface area (Å²) < 4.78 is 15.2. The zero-order chi connectivity index (χ0) is 16.2. The molecule has 0 saturated carbocycles. The number of hydrogen-bond donors (Lipinski definition) is 0.